The van der Waals surface area contributed by atoms with Crippen molar-refractivity contribution in [2.75, 3.05) is 25.6 Å². The number of aromatic nitrogens is 1. The molecule has 9 heteroatoms. The van der Waals surface area contributed by atoms with Crippen molar-refractivity contribution >= 4 is 29.1 Å². The Morgan fingerprint density at radius 2 is 1.92 bits per heavy atom. The van der Waals surface area contributed by atoms with Crippen molar-refractivity contribution in [2.24, 2.45) is 4.99 Å². The Hall–Kier alpha value is -4.68. The highest BCUT2D eigenvalue weighted by atomic mass is 32.1. The van der Waals surface area contributed by atoms with Gasteiger partial charge in [-0.2, -0.15) is 5.26 Å². The lowest BCUT2D eigenvalue weighted by Crippen LogP contribution is -2.39. The number of esters is 1. The van der Waals surface area contributed by atoms with E-state index < -0.39 is 12.0 Å². The van der Waals surface area contributed by atoms with Crippen LogP contribution in [0, 0.1) is 11.3 Å². The number of nitriles is 1. The average Bonchev–Trinajstić information content (AvgIpc) is 3.52. The number of furan rings is 1. The van der Waals surface area contributed by atoms with Crippen molar-refractivity contribution in [1.29, 1.82) is 5.26 Å². The van der Waals surface area contributed by atoms with Crippen molar-refractivity contribution in [3.05, 3.63) is 109 Å². The summed E-state index contributed by atoms with van der Waals surface area (Å²) in [6, 6.07) is 19.9. The third kappa shape index (κ3) is 4.82. The lowest BCUT2D eigenvalue weighted by Gasteiger charge is -2.25. The zero-order valence-electron chi connectivity index (χ0n) is 22.0. The Kier molecular flexibility index (Phi) is 7.05. The van der Waals surface area contributed by atoms with Crippen LogP contribution in [0.5, 0.6) is 0 Å². The van der Waals surface area contributed by atoms with Gasteiger partial charge in [-0.1, -0.05) is 35.6 Å². The number of ether oxygens (including phenoxy) is 1. The summed E-state index contributed by atoms with van der Waals surface area (Å²) < 4.78 is 13.3. The maximum atomic E-state index is 13.8. The highest BCUT2D eigenvalue weighted by Gasteiger charge is 2.33. The fourth-order valence-electron chi connectivity index (χ4n) is 4.56. The molecule has 5 rings (SSSR count). The molecule has 1 atom stereocenters. The quantitative estimate of drug-likeness (QED) is 0.344. The molecule has 0 saturated carbocycles. The van der Waals surface area contributed by atoms with Gasteiger partial charge < -0.3 is 14.1 Å². The Morgan fingerprint density at radius 3 is 2.62 bits per heavy atom. The second kappa shape index (κ2) is 10.6. The minimum atomic E-state index is -0.687. The van der Waals surface area contributed by atoms with Crippen molar-refractivity contribution in [2.45, 2.75) is 19.9 Å². The number of anilines is 1. The van der Waals surface area contributed by atoms with E-state index in [1.807, 2.05) is 55.4 Å². The van der Waals surface area contributed by atoms with Crippen molar-refractivity contribution < 1.29 is 13.9 Å². The number of fused-ring (bicyclic) bond motifs is 1. The van der Waals surface area contributed by atoms with Gasteiger partial charge >= 0.3 is 5.97 Å². The summed E-state index contributed by atoms with van der Waals surface area (Å²) in [4.78, 5) is 34.0. The number of allylic oxidation sites excluding steroid dienone is 1. The Labute approximate surface area is 229 Å². The van der Waals surface area contributed by atoms with Crippen LogP contribution in [-0.2, 0) is 9.53 Å². The minimum Gasteiger partial charge on any atom is -0.463 e. The fraction of sp³-hybridized carbons (Fsp3) is 0.200. The van der Waals surface area contributed by atoms with Crippen LogP contribution < -0.4 is 19.8 Å². The molecular formula is C30H26N4O4S. The van der Waals surface area contributed by atoms with E-state index in [1.54, 1.807) is 48.8 Å². The molecule has 1 aliphatic heterocycles. The molecule has 2 aromatic heterocycles. The maximum absolute atomic E-state index is 13.8. The summed E-state index contributed by atoms with van der Waals surface area (Å²) in [5, 5.41) is 9.44. The summed E-state index contributed by atoms with van der Waals surface area (Å²) in [6.45, 7) is 3.72. The normalized spacial score (nSPS) is 14.9. The summed E-state index contributed by atoms with van der Waals surface area (Å²) in [5.74, 6) is 0.503. The fourth-order valence-corrected chi connectivity index (χ4v) is 5.59. The van der Waals surface area contributed by atoms with Crippen LogP contribution in [0.2, 0.25) is 0 Å². The van der Waals surface area contributed by atoms with E-state index in [0.29, 0.717) is 43.3 Å². The van der Waals surface area contributed by atoms with Gasteiger partial charge in [0, 0.05) is 31.4 Å². The number of nitrogens with zero attached hydrogens (tertiary/aromatic N) is 4. The van der Waals surface area contributed by atoms with Crippen LogP contribution in [0.1, 0.15) is 36.8 Å². The largest absolute Gasteiger partial charge is 0.463 e. The van der Waals surface area contributed by atoms with Gasteiger partial charge in [0.05, 0.1) is 40.1 Å². The molecule has 8 nitrogen and oxygen atoms in total. The molecule has 0 fully saturated rings. The van der Waals surface area contributed by atoms with Crippen LogP contribution in [0.15, 0.2) is 86.1 Å². The van der Waals surface area contributed by atoms with Gasteiger partial charge in [0.2, 0.25) is 0 Å². The molecule has 3 heterocycles. The number of carbonyl (C=O) groups excluding carboxylic acids is 1. The van der Waals surface area contributed by atoms with Crippen LogP contribution in [0.3, 0.4) is 0 Å². The second-order valence-electron chi connectivity index (χ2n) is 9.15. The third-order valence-electron chi connectivity index (χ3n) is 6.46. The van der Waals surface area contributed by atoms with Gasteiger partial charge in [-0.25, -0.2) is 9.79 Å². The van der Waals surface area contributed by atoms with E-state index in [9.17, 15) is 14.9 Å². The molecule has 0 aliphatic carbocycles. The number of thiazole rings is 1. The van der Waals surface area contributed by atoms with Crippen molar-refractivity contribution in [3.8, 4) is 17.4 Å². The maximum Gasteiger partial charge on any atom is 0.338 e. The standard InChI is InChI=1S/C30H26N4O4S/c1-5-37-29(36)26-18(2)32-30-34(27(26)19-10-12-21(13-11-19)33(3)4)28(35)25(39-30)16-22-14-15-24(38-22)23-9-7-6-8-20(23)17-31/h6-16,27H,5H2,1-4H3/t27-/m0/s1. The van der Waals surface area contributed by atoms with Crippen LogP contribution in [0.25, 0.3) is 17.4 Å². The lowest BCUT2D eigenvalue weighted by molar-refractivity contribution is -0.139. The van der Waals surface area contributed by atoms with E-state index in [4.69, 9.17) is 9.15 Å². The molecule has 2 aromatic carbocycles. The molecule has 39 heavy (non-hydrogen) atoms. The van der Waals surface area contributed by atoms with Gasteiger partial charge in [-0.3, -0.25) is 9.36 Å². The third-order valence-corrected chi connectivity index (χ3v) is 7.44. The molecular weight excluding hydrogens is 512 g/mol. The van der Waals surface area contributed by atoms with Crippen LogP contribution >= 0.6 is 11.3 Å². The van der Waals surface area contributed by atoms with E-state index in [0.717, 1.165) is 11.3 Å². The summed E-state index contributed by atoms with van der Waals surface area (Å²) in [5.41, 5.74) is 3.51. The van der Waals surface area contributed by atoms with Gasteiger partial charge in [-0.05, 0) is 55.8 Å². The zero-order valence-corrected chi connectivity index (χ0v) is 22.8. The smallest absolute Gasteiger partial charge is 0.338 e. The van der Waals surface area contributed by atoms with Crippen LogP contribution in [-0.4, -0.2) is 31.2 Å². The Morgan fingerprint density at radius 1 is 1.18 bits per heavy atom. The first-order valence-corrected chi connectivity index (χ1v) is 13.2. The SMILES string of the molecule is CCOC(=O)C1=C(C)N=c2sc(=Cc3ccc(-c4ccccc4C#N)o3)c(=O)n2[C@H]1c1ccc(N(C)C)cc1. The molecule has 1 aliphatic rings. The van der Waals surface area contributed by atoms with Crippen molar-refractivity contribution in [1.82, 2.24) is 4.57 Å². The lowest BCUT2D eigenvalue weighted by atomic mass is 9.95. The van der Waals surface area contributed by atoms with Gasteiger partial charge in [-0.15, -0.1) is 0 Å². The highest BCUT2D eigenvalue weighted by Crippen LogP contribution is 2.32. The molecule has 0 bridgehead atoms. The summed E-state index contributed by atoms with van der Waals surface area (Å²) in [6.07, 6.45) is 1.66. The molecule has 0 unspecified atom stereocenters. The van der Waals surface area contributed by atoms with E-state index in [-0.39, 0.29) is 12.2 Å². The molecule has 4 aromatic rings. The van der Waals surface area contributed by atoms with E-state index in [2.05, 4.69) is 11.1 Å². The molecule has 0 N–H and O–H groups in total. The van der Waals surface area contributed by atoms with E-state index in [1.165, 1.54) is 11.3 Å². The number of hydrogen-bond acceptors (Lipinski definition) is 8. The van der Waals surface area contributed by atoms with Gasteiger partial charge in [0.1, 0.15) is 11.5 Å². The molecule has 0 spiro atoms. The number of carbonyl (C=O) groups is 1. The first kappa shape index (κ1) is 25.9. The first-order valence-electron chi connectivity index (χ1n) is 12.4. The molecule has 0 amide bonds. The first-order chi connectivity index (χ1) is 18.8. The highest BCUT2D eigenvalue weighted by molar-refractivity contribution is 7.07. The minimum absolute atomic E-state index is 0.210. The molecule has 0 saturated heterocycles. The number of benzene rings is 2. The average molecular weight is 539 g/mol. The Balaban J connectivity index is 1.64. The molecule has 0 radical (unpaired) electrons. The Bertz CT molecular complexity index is 1820. The zero-order chi connectivity index (χ0) is 27.7. The van der Waals surface area contributed by atoms with Gasteiger partial charge in [0.25, 0.3) is 5.56 Å². The molecule has 196 valence electrons. The van der Waals surface area contributed by atoms with Gasteiger partial charge in [0.15, 0.2) is 4.80 Å². The second-order valence-corrected chi connectivity index (χ2v) is 10.2. The monoisotopic (exact) mass is 538 g/mol. The van der Waals surface area contributed by atoms with E-state index >= 15 is 0 Å². The predicted octanol–water partition coefficient (Wildman–Crippen LogP) is 4.00. The summed E-state index contributed by atoms with van der Waals surface area (Å²) in [7, 11) is 3.90. The van der Waals surface area contributed by atoms with Crippen molar-refractivity contribution in [3.63, 3.8) is 0 Å². The summed E-state index contributed by atoms with van der Waals surface area (Å²) >= 11 is 1.23. The predicted molar refractivity (Wildman–Crippen MR) is 150 cm³/mol. The van der Waals surface area contributed by atoms with Crippen LogP contribution in [0.4, 0.5) is 5.69 Å². The topological polar surface area (TPSA) is 101 Å². The number of rotatable bonds is 6. The number of hydrogen-bond donors (Lipinski definition) is 0.